The Morgan fingerprint density at radius 3 is 2.07 bits per heavy atom. The number of cyclic esters (lactones) is 1. The Morgan fingerprint density at radius 2 is 1.48 bits per heavy atom. The maximum absolute atomic E-state index is 12.4. The van der Waals surface area contributed by atoms with Crippen LogP contribution in [0.2, 0.25) is 0 Å². The van der Waals surface area contributed by atoms with Crippen molar-refractivity contribution in [1.82, 2.24) is 14.7 Å². The van der Waals surface area contributed by atoms with Crippen LogP contribution in [0.1, 0.15) is 11.1 Å². The van der Waals surface area contributed by atoms with E-state index < -0.39 is 0 Å². The van der Waals surface area contributed by atoms with Crippen LogP contribution in [0.25, 0.3) is 0 Å². The van der Waals surface area contributed by atoms with E-state index in [-0.39, 0.29) is 12.2 Å². The van der Waals surface area contributed by atoms with Gasteiger partial charge in [-0.3, -0.25) is 14.7 Å². The molecule has 0 unspecified atom stereocenters. The highest BCUT2D eigenvalue weighted by Crippen LogP contribution is 2.17. The van der Waals surface area contributed by atoms with E-state index >= 15 is 0 Å². The molecule has 4 rings (SSSR count). The lowest BCUT2D eigenvalue weighted by Gasteiger charge is -2.29. The molecule has 0 N–H and O–H groups in total. The summed E-state index contributed by atoms with van der Waals surface area (Å²) in [5.41, 5.74) is 2.52. The molecule has 2 saturated heterocycles. The quantitative estimate of drug-likeness (QED) is 0.688. The first-order chi connectivity index (χ1) is 14.3. The molecular weight excluding hydrogens is 366 g/mol. The van der Waals surface area contributed by atoms with Gasteiger partial charge in [-0.05, 0) is 11.1 Å². The fourth-order valence-electron chi connectivity index (χ4n) is 3.93. The predicted octanol–water partition coefficient (Wildman–Crippen LogP) is 2.80. The molecule has 0 saturated carbocycles. The fourth-order valence-corrected chi connectivity index (χ4v) is 3.93. The lowest BCUT2D eigenvalue weighted by Crippen LogP contribution is -2.44. The third kappa shape index (κ3) is 5.79. The van der Waals surface area contributed by atoms with Gasteiger partial charge in [0.25, 0.3) is 0 Å². The summed E-state index contributed by atoms with van der Waals surface area (Å²) in [5, 5.41) is 0. The number of hydrogen-bond acceptors (Lipinski definition) is 5. The van der Waals surface area contributed by atoms with E-state index in [4.69, 9.17) is 9.47 Å². The lowest BCUT2D eigenvalue weighted by molar-refractivity contribution is 0.0186. The van der Waals surface area contributed by atoms with E-state index in [2.05, 4.69) is 58.3 Å². The van der Waals surface area contributed by atoms with Gasteiger partial charge >= 0.3 is 6.09 Å². The minimum atomic E-state index is -0.208. The zero-order valence-electron chi connectivity index (χ0n) is 16.8. The van der Waals surface area contributed by atoms with Crippen molar-refractivity contribution >= 4 is 6.09 Å². The minimum absolute atomic E-state index is 0.115. The molecule has 6 heteroatoms. The standard InChI is InChI=1S/C23H29N3O3/c27-23-26(19-24-11-13-28-14-12-24)18-22(29-23)17-25(15-20-7-3-1-4-8-20)16-21-9-5-2-6-10-21/h1-10,22H,11-19H2/t22-/m1/s1. The van der Waals surface area contributed by atoms with Gasteiger partial charge in [-0.15, -0.1) is 0 Å². The first-order valence-corrected chi connectivity index (χ1v) is 10.3. The topological polar surface area (TPSA) is 45.2 Å². The predicted molar refractivity (Wildman–Crippen MR) is 111 cm³/mol. The Bertz CT molecular complexity index is 724. The Labute approximate surface area is 172 Å². The van der Waals surface area contributed by atoms with Crippen molar-refractivity contribution < 1.29 is 14.3 Å². The average molecular weight is 396 g/mol. The second-order valence-corrected chi connectivity index (χ2v) is 7.74. The number of carbonyl (C=O) groups excluding carboxylic acids is 1. The molecule has 2 aromatic rings. The van der Waals surface area contributed by atoms with Crippen molar-refractivity contribution in [2.24, 2.45) is 0 Å². The summed E-state index contributed by atoms with van der Waals surface area (Å²) in [6.07, 6.45) is -0.322. The number of nitrogens with zero attached hydrogens (tertiary/aromatic N) is 3. The van der Waals surface area contributed by atoms with Crippen LogP contribution in [0.4, 0.5) is 4.79 Å². The Hall–Kier alpha value is -2.41. The van der Waals surface area contributed by atoms with Gasteiger partial charge in [0, 0.05) is 32.7 Å². The number of ether oxygens (including phenoxy) is 2. The van der Waals surface area contributed by atoms with E-state index in [0.717, 1.165) is 45.9 Å². The molecule has 2 aromatic carbocycles. The van der Waals surface area contributed by atoms with Crippen molar-refractivity contribution in [3.63, 3.8) is 0 Å². The van der Waals surface area contributed by atoms with Crippen LogP contribution in [-0.4, -0.2) is 73.0 Å². The van der Waals surface area contributed by atoms with Gasteiger partial charge in [0.05, 0.1) is 26.4 Å². The molecular formula is C23H29N3O3. The summed E-state index contributed by atoms with van der Waals surface area (Å²) in [5.74, 6) is 0. The zero-order valence-corrected chi connectivity index (χ0v) is 16.8. The van der Waals surface area contributed by atoms with Crippen LogP contribution in [0.15, 0.2) is 60.7 Å². The van der Waals surface area contributed by atoms with Crippen LogP contribution in [0.5, 0.6) is 0 Å². The van der Waals surface area contributed by atoms with Gasteiger partial charge < -0.3 is 9.47 Å². The molecule has 2 aliphatic rings. The highest BCUT2D eigenvalue weighted by molar-refractivity contribution is 5.69. The van der Waals surface area contributed by atoms with Crippen LogP contribution < -0.4 is 0 Å². The summed E-state index contributed by atoms with van der Waals surface area (Å²) in [6, 6.07) is 20.9. The molecule has 1 amide bonds. The molecule has 29 heavy (non-hydrogen) atoms. The van der Waals surface area contributed by atoms with E-state index in [1.807, 2.05) is 17.0 Å². The van der Waals surface area contributed by atoms with Gasteiger partial charge in [0.2, 0.25) is 0 Å². The number of morpholine rings is 1. The maximum Gasteiger partial charge on any atom is 0.411 e. The Balaban J connectivity index is 1.38. The summed E-state index contributed by atoms with van der Waals surface area (Å²) >= 11 is 0. The molecule has 0 bridgehead atoms. The second-order valence-electron chi connectivity index (χ2n) is 7.74. The fraction of sp³-hybridized carbons (Fsp3) is 0.435. The van der Waals surface area contributed by atoms with Crippen LogP contribution in [0.3, 0.4) is 0 Å². The molecule has 2 heterocycles. The first kappa shape index (κ1) is 19.9. The number of benzene rings is 2. The van der Waals surface area contributed by atoms with Gasteiger partial charge in [-0.25, -0.2) is 4.79 Å². The normalized spacial score (nSPS) is 20.2. The summed E-state index contributed by atoms with van der Waals surface area (Å²) in [7, 11) is 0. The number of amides is 1. The van der Waals surface area contributed by atoms with Crippen LogP contribution in [0, 0.1) is 0 Å². The second kappa shape index (κ2) is 9.87. The van der Waals surface area contributed by atoms with Crippen molar-refractivity contribution in [2.75, 3.05) is 46.1 Å². The van der Waals surface area contributed by atoms with Crippen LogP contribution >= 0.6 is 0 Å². The van der Waals surface area contributed by atoms with Crippen molar-refractivity contribution in [3.05, 3.63) is 71.8 Å². The van der Waals surface area contributed by atoms with E-state index in [9.17, 15) is 4.79 Å². The smallest absolute Gasteiger partial charge is 0.411 e. The zero-order chi connectivity index (χ0) is 19.9. The lowest BCUT2D eigenvalue weighted by atomic mass is 10.1. The highest BCUT2D eigenvalue weighted by atomic mass is 16.6. The largest absolute Gasteiger partial charge is 0.443 e. The van der Waals surface area contributed by atoms with Crippen LogP contribution in [-0.2, 0) is 22.6 Å². The molecule has 1 atom stereocenters. The SMILES string of the molecule is O=C1O[C@H](CN(Cc2ccccc2)Cc2ccccc2)CN1CN1CCOCC1. The van der Waals surface area contributed by atoms with Crippen molar-refractivity contribution in [3.8, 4) is 0 Å². The third-order valence-corrected chi connectivity index (χ3v) is 5.38. The van der Waals surface area contributed by atoms with Gasteiger partial charge in [0.1, 0.15) is 6.10 Å². The number of rotatable bonds is 8. The van der Waals surface area contributed by atoms with Crippen molar-refractivity contribution in [2.45, 2.75) is 19.2 Å². The molecule has 0 aromatic heterocycles. The maximum atomic E-state index is 12.4. The van der Waals surface area contributed by atoms with Gasteiger partial charge in [0.15, 0.2) is 0 Å². The molecule has 6 nitrogen and oxygen atoms in total. The molecule has 154 valence electrons. The number of carbonyl (C=O) groups is 1. The minimum Gasteiger partial charge on any atom is -0.443 e. The van der Waals surface area contributed by atoms with Gasteiger partial charge in [-0.1, -0.05) is 60.7 Å². The van der Waals surface area contributed by atoms with Gasteiger partial charge in [-0.2, -0.15) is 0 Å². The highest BCUT2D eigenvalue weighted by Gasteiger charge is 2.33. The van der Waals surface area contributed by atoms with E-state index in [0.29, 0.717) is 13.2 Å². The van der Waals surface area contributed by atoms with E-state index in [1.165, 1.54) is 11.1 Å². The molecule has 2 aliphatic heterocycles. The average Bonchev–Trinajstić information content (AvgIpc) is 3.09. The summed E-state index contributed by atoms with van der Waals surface area (Å²) in [4.78, 5) is 18.8. The molecule has 0 spiro atoms. The van der Waals surface area contributed by atoms with E-state index in [1.54, 1.807) is 0 Å². The Kier molecular flexibility index (Phi) is 6.77. The first-order valence-electron chi connectivity index (χ1n) is 10.3. The third-order valence-electron chi connectivity index (χ3n) is 5.38. The molecule has 0 radical (unpaired) electrons. The molecule has 0 aliphatic carbocycles. The number of hydrogen-bond donors (Lipinski definition) is 0. The summed E-state index contributed by atoms with van der Waals surface area (Å²) in [6.45, 7) is 6.82. The summed E-state index contributed by atoms with van der Waals surface area (Å²) < 4.78 is 11.1. The molecule has 2 fully saturated rings. The monoisotopic (exact) mass is 395 g/mol. The Morgan fingerprint density at radius 1 is 0.897 bits per heavy atom. The van der Waals surface area contributed by atoms with Crippen molar-refractivity contribution in [1.29, 1.82) is 0 Å².